The fourth-order valence-corrected chi connectivity index (χ4v) is 0.686. The summed E-state index contributed by atoms with van der Waals surface area (Å²) >= 11 is 0. The molecule has 0 saturated heterocycles. The van der Waals surface area contributed by atoms with E-state index in [1.165, 1.54) is 6.20 Å². The molecule has 1 heterocycles. The molecule has 2 nitrogen and oxygen atoms in total. The zero-order valence-corrected chi connectivity index (χ0v) is 5.48. The Labute approximate surface area is 53.1 Å². The second-order valence-corrected chi connectivity index (χ2v) is 2.29. The quantitative estimate of drug-likeness (QED) is 0.612. The summed E-state index contributed by atoms with van der Waals surface area (Å²) in [6.45, 7) is 3.83. The molecule has 0 aromatic carbocycles. The van der Waals surface area contributed by atoms with Crippen molar-refractivity contribution in [1.29, 1.82) is 0 Å². The van der Waals surface area contributed by atoms with E-state index in [-0.39, 0.29) is 11.7 Å². The number of aromatic amines is 1. The Morgan fingerprint density at radius 1 is 1.67 bits per heavy atom. The molecule has 0 amide bonds. The number of aromatic nitrogens is 2. The van der Waals surface area contributed by atoms with Gasteiger partial charge >= 0.3 is 0 Å². The maximum Gasteiger partial charge on any atom is 0.164 e. The van der Waals surface area contributed by atoms with E-state index in [0.29, 0.717) is 5.69 Å². The molecule has 0 radical (unpaired) electrons. The van der Waals surface area contributed by atoms with Crippen LogP contribution in [0.25, 0.3) is 0 Å². The van der Waals surface area contributed by atoms with Crippen molar-refractivity contribution in [1.82, 2.24) is 10.2 Å². The Morgan fingerprint density at radius 3 is 2.56 bits per heavy atom. The third-order valence-electron chi connectivity index (χ3n) is 1.20. The number of nitrogens with zero attached hydrogens (tertiary/aromatic N) is 1. The number of hydrogen-bond donors (Lipinski definition) is 1. The van der Waals surface area contributed by atoms with Crippen molar-refractivity contribution < 1.29 is 4.39 Å². The summed E-state index contributed by atoms with van der Waals surface area (Å²) in [5.74, 6) is -0.0579. The van der Waals surface area contributed by atoms with E-state index in [1.807, 2.05) is 13.8 Å². The first-order chi connectivity index (χ1) is 4.22. The van der Waals surface area contributed by atoms with Crippen molar-refractivity contribution in [3.05, 3.63) is 17.7 Å². The van der Waals surface area contributed by atoms with E-state index >= 15 is 0 Å². The molecule has 1 rings (SSSR count). The molecule has 9 heavy (non-hydrogen) atoms. The molecule has 0 aliphatic heterocycles. The first kappa shape index (κ1) is 6.26. The van der Waals surface area contributed by atoms with Crippen molar-refractivity contribution in [3.8, 4) is 0 Å². The molecule has 0 unspecified atom stereocenters. The predicted molar refractivity (Wildman–Crippen MR) is 32.6 cm³/mol. The summed E-state index contributed by atoms with van der Waals surface area (Å²) < 4.78 is 12.5. The van der Waals surface area contributed by atoms with Crippen molar-refractivity contribution in [2.24, 2.45) is 0 Å². The number of halogens is 1. The van der Waals surface area contributed by atoms with Gasteiger partial charge in [-0.05, 0) is 5.92 Å². The highest BCUT2D eigenvalue weighted by Gasteiger charge is 2.06. The largest absolute Gasteiger partial charge is 0.279 e. The number of hydrogen-bond acceptors (Lipinski definition) is 1. The highest BCUT2D eigenvalue weighted by molar-refractivity contribution is 5.05. The van der Waals surface area contributed by atoms with E-state index in [1.54, 1.807) is 0 Å². The van der Waals surface area contributed by atoms with Crippen LogP contribution in [0.1, 0.15) is 25.5 Å². The van der Waals surface area contributed by atoms with Gasteiger partial charge in [-0.15, -0.1) is 0 Å². The van der Waals surface area contributed by atoms with E-state index < -0.39 is 0 Å². The molecule has 0 fully saturated rings. The molecule has 1 N–H and O–H groups in total. The summed E-state index contributed by atoms with van der Waals surface area (Å²) in [6, 6.07) is 0. The SMILES string of the molecule is CC(C)c1[nH]ncc1F. The fourth-order valence-electron chi connectivity index (χ4n) is 0.686. The van der Waals surface area contributed by atoms with Crippen LogP contribution >= 0.6 is 0 Å². The van der Waals surface area contributed by atoms with E-state index in [9.17, 15) is 4.39 Å². The second kappa shape index (κ2) is 2.17. The average molecular weight is 128 g/mol. The van der Waals surface area contributed by atoms with Gasteiger partial charge in [0.2, 0.25) is 0 Å². The number of nitrogens with one attached hydrogen (secondary N) is 1. The Balaban J connectivity index is 2.94. The van der Waals surface area contributed by atoms with Crippen LogP contribution in [-0.4, -0.2) is 10.2 Å². The van der Waals surface area contributed by atoms with Gasteiger partial charge in [-0.3, -0.25) is 5.10 Å². The summed E-state index contributed by atoms with van der Waals surface area (Å²) in [5.41, 5.74) is 0.579. The maximum absolute atomic E-state index is 12.5. The summed E-state index contributed by atoms with van der Waals surface area (Å²) in [6.07, 6.45) is 1.19. The van der Waals surface area contributed by atoms with Gasteiger partial charge in [0.25, 0.3) is 0 Å². The van der Waals surface area contributed by atoms with Crippen LogP contribution in [0.4, 0.5) is 4.39 Å². The summed E-state index contributed by atoms with van der Waals surface area (Å²) in [7, 11) is 0. The minimum atomic E-state index is -0.245. The van der Waals surface area contributed by atoms with Crippen molar-refractivity contribution >= 4 is 0 Å². The summed E-state index contributed by atoms with van der Waals surface area (Å²) in [5, 5.41) is 6.12. The van der Waals surface area contributed by atoms with Crippen LogP contribution in [0.15, 0.2) is 6.20 Å². The van der Waals surface area contributed by atoms with Gasteiger partial charge in [-0.25, -0.2) is 4.39 Å². The number of H-pyrrole nitrogens is 1. The number of rotatable bonds is 1. The van der Waals surface area contributed by atoms with Crippen LogP contribution in [0.2, 0.25) is 0 Å². The van der Waals surface area contributed by atoms with E-state index in [2.05, 4.69) is 10.2 Å². The minimum absolute atomic E-state index is 0.187. The lowest BCUT2D eigenvalue weighted by Gasteiger charge is -1.97. The molecular weight excluding hydrogens is 119 g/mol. The monoisotopic (exact) mass is 128 g/mol. The molecule has 1 aromatic rings. The van der Waals surface area contributed by atoms with Crippen LogP contribution in [-0.2, 0) is 0 Å². The Kier molecular flexibility index (Phi) is 1.51. The third kappa shape index (κ3) is 1.09. The van der Waals surface area contributed by atoms with Gasteiger partial charge in [-0.1, -0.05) is 13.8 Å². The molecule has 0 aliphatic rings. The highest BCUT2D eigenvalue weighted by Crippen LogP contribution is 2.13. The fraction of sp³-hybridized carbons (Fsp3) is 0.500. The van der Waals surface area contributed by atoms with Crippen LogP contribution in [0.3, 0.4) is 0 Å². The summed E-state index contributed by atoms with van der Waals surface area (Å²) in [4.78, 5) is 0. The molecule has 0 atom stereocenters. The lowest BCUT2D eigenvalue weighted by Crippen LogP contribution is -1.89. The normalized spacial score (nSPS) is 10.7. The molecule has 0 spiro atoms. The average Bonchev–Trinajstić information content (AvgIpc) is 2.13. The maximum atomic E-state index is 12.5. The van der Waals surface area contributed by atoms with Gasteiger partial charge < -0.3 is 0 Å². The Bertz CT molecular complexity index is 193. The molecule has 0 bridgehead atoms. The first-order valence-electron chi connectivity index (χ1n) is 2.90. The predicted octanol–water partition coefficient (Wildman–Crippen LogP) is 1.67. The lowest BCUT2D eigenvalue weighted by atomic mass is 10.1. The first-order valence-corrected chi connectivity index (χ1v) is 2.90. The zero-order valence-electron chi connectivity index (χ0n) is 5.48. The molecule has 50 valence electrons. The van der Waals surface area contributed by atoms with Crippen LogP contribution < -0.4 is 0 Å². The zero-order chi connectivity index (χ0) is 6.85. The highest BCUT2D eigenvalue weighted by atomic mass is 19.1. The minimum Gasteiger partial charge on any atom is -0.279 e. The molecule has 0 aliphatic carbocycles. The van der Waals surface area contributed by atoms with Gasteiger partial charge in [0.15, 0.2) is 5.82 Å². The molecular formula is C6H9FN2. The van der Waals surface area contributed by atoms with Gasteiger partial charge in [0.05, 0.1) is 11.9 Å². The van der Waals surface area contributed by atoms with Gasteiger partial charge in [-0.2, -0.15) is 5.10 Å². The molecule has 0 saturated carbocycles. The van der Waals surface area contributed by atoms with Crippen molar-refractivity contribution in [3.63, 3.8) is 0 Å². The van der Waals surface area contributed by atoms with Crippen molar-refractivity contribution in [2.75, 3.05) is 0 Å². The van der Waals surface area contributed by atoms with E-state index in [0.717, 1.165) is 0 Å². The van der Waals surface area contributed by atoms with E-state index in [4.69, 9.17) is 0 Å². The Hall–Kier alpha value is -0.860. The molecule has 1 aromatic heterocycles. The van der Waals surface area contributed by atoms with Crippen molar-refractivity contribution in [2.45, 2.75) is 19.8 Å². The van der Waals surface area contributed by atoms with Crippen LogP contribution in [0, 0.1) is 5.82 Å². The Morgan fingerprint density at radius 2 is 2.33 bits per heavy atom. The standard InChI is InChI=1S/C6H9FN2/c1-4(2)6-5(7)3-8-9-6/h3-4H,1-2H3,(H,8,9). The smallest absolute Gasteiger partial charge is 0.164 e. The van der Waals surface area contributed by atoms with Gasteiger partial charge in [0, 0.05) is 0 Å². The third-order valence-corrected chi connectivity index (χ3v) is 1.20. The second-order valence-electron chi connectivity index (χ2n) is 2.29. The van der Waals surface area contributed by atoms with Gasteiger partial charge in [0.1, 0.15) is 0 Å². The topological polar surface area (TPSA) is 28.7 Å². The molecule has 3 heteroatoms. The van der Waals surface area contributed by atoms with Crippen LogP contribution in [0.5, 0.6) is 0 Å². The lowest BCUT2D eigenvalue weighted by molar-refractivity contribution is 0.597.